The van der Waals surface area contributed by atoms with Gasteiger partial charge in [-0.2, -0.15) is 0 Å². The fourth-order valence-corrected chi connectivity index (χ4v) is 2.73. The lowest BCUT2D eigenvalue weighted by Gasteiger charge is -2.27. The molecule has 0 aromatic heterocycles. The van der Waals surface area contributed by atoms with E-state index in [0.717, 1.165) is 24.0 Å². The molecular weight excluding hydrogens is 251 g/mol. The zero-order valence-corrected chi connectivity index (χ0v) is 11.5. The molecule has 2 aromatic carbocycles. The average molecular weight is 268 g/mol. The molecule has 0 saturated heterocycles. The van der Waals surface area contributed by atoms with Gasteiger partial charge in [0.05, 0.1) is 5.56 Å². The zero-order valence-electron chi connectivity index (χ0n) is 11.5. The van der Waals surface area contributed by atoms with Crippen molar-refractivity contribution < 1.29 is 9.18 Å². The Labute approximate surface area is 118 Å². The molecule has 1 fully saturated rings. The summed E-state index contributed by atoms with van der Waals surface area (Å²) in [5.74, 6) is -0.174. The van der Waals surface area contributed by atoms with E-state index in [-0.39, 0.29) is 11.3 Å². The van der Waals surface area contributed by atoms with E-state index in [2.05, 4.69) is 0 Å². The largest absolute Gasteiger partial charge is 0.288 e. The molecule has 1 aliphatic carbocycles. The standard InChI is InChI=1S/C18H17FO/c1-12-9-10-16(17(19)11-12)18(20)15-8-3-2-7-14(15)13-5-4-6-13/h2-3,7-11,13H,4-6H2,1H3. The molecule has 0 aliphatic heterocycles. The molecule has 20 heavy (non-hydrogen) atoms. The third-order valence-corrected chi connectivity index (χ3v) is 4.12. The molecule has 0 amide bonds. The molecule has 0 atom stereocenters. The van der Waals surface area contributed by atoms with E-state index in [1.165, 1.54) is 12.5 Å². The van der Waals surface area contributed by atoms with Crippen LogP contribution < -0.4 is 0 Å². The molecule has 0 unspecified atom stereocenters. The second-order valence-corrected chi connectivity index (χ2v) is 5.53. The number of carbonyl (C=O) groups is 1. The highest BCUT2D eigenvalue weighted by Crippen LogP contribution is 2.38. The van der Waals surface area contributed by atoms with Gasteiger partial charge in [-0.05, 0) is 48.9 Å². The van der Waals surface area contributed by atoms with Gasteiger partial charge in [-0.15, -0.1) is 0 Å². The van der Waals surface area contributed by atoms with Crippen LogP contribution in [0, 0.1) is 12.7 Å². The van der Waals surface area contributed by atoms with Crippen molar-refractivity contribution in [1.29, 1.82) is 0 Å². The first-order valence-corrected chi connectivity index (χ1v) is 7.06. The highest BCUT2D eigenvalue weighted by molar-refractivity contribution is 6.10. The van der Waals surface area contributed by atoms with E-state index in [9.17, 15) is 9.18 Å². The predicted molar refractivity (Wildman–Crippen MR) is 77.6 cm³/mol. The second-order valence-electron chi connectivity index (χ2n) is 5.53. The molecule has 0 heterocycles. The monoisotopic (exact) mass is 268 g/mol. The van der Waals surface area contributed by atoms with Gasteiger partial charge >= 0.3 is 0 Å². The lowest BCUT2D eigenvalue weighted by Crippen LogP contribution is -2.15. The first-order valence-electron chi connectivity index (χ1n) is 7.06. The van der Waals surface area contributed by atoms with Crippen LogP contribution in [0.4, 0.5) is 4.39 Å². The van der Waals surface area contributed by atoms with Gasteiger partial charge in [0.2, 0.25) is 0 Å². The van der Waals surface area contributed by atoms with E-state index in [1.54, 1.807) is 12.1 Å². The summed E-state index contributed by atoms with van der Waals surface area (Å²) in [5, 5.41) is 0. The van der Waals surface area contributed by atoms with Crippen molar-refractivity contribution in [2.24, 2.45) is 0 Å². The Hall–Kier alpha value is -1.96. The van der Waals surface area contributed by atoms with Crippen LogP contribution >= 0.6 is 0 Å². The number of rotatable bonds is 3. The zero-order chi connectivity index (χ0) is 14.1. The third-order valence-electron chi connectivity index (χ3n) is 4.12. The number of carbonyl (C=O) groups excluding carboxylic acids is 1. The van der Waals surface area contributed by atoms with Gasteiger partial charge in [-0.3, -0.25) is 4.79 Å². The highest BCUT2D eigenvalue weighted by atomic mass is 19.1. The van der Waals surface area contributed by atoms with E-state index in [1.807, 2.05) is 31.2 Å². The number of hydrogen-bond acceptors (Lipinski definition) is 1. The van der Waals surface area contributed by atoms with Crippen LogP contribution in [0.15, 0.2) is 42.5 Å². The lowest BCUT2D eigenvalue weighted by atomic mass is 9.77. The molecule has 1 saturated carbocycles. The van der Waals surface area contributed by atoms with Crippen LogP contribution in [-0.2, 0) is 0 Å². The highest BCUT2D eigenvalue weighted by Gasteiger charge is 2.25. The molecule has 2 heteroatoms. The van der Waals surface area contributed by atoms with E-state index in [4.69, 9.17) is 0 Å². The minimum absolute atomic E-state index is 0.169. The predicted octanol–water partition coefficient (Wildman–Crippen LogP) is 4.63. The Bertz CT molecular complexity index is 656. The van der Waals surface area contributed by atoms with Gasteiger partial charge in [-0.1, -0.05) is 36.8 Å². The van der Waals surface area contributed by atoms with Crippen LogP contribution in [0.1, 0.15) is 52.2 Å². The number of ketones is 1. The Balaban J connectivity index is 2.02. The number of aryl methyl sites for hydroxylation is 1. The van der Waals surface area contributed by atoms with Crippen LogP contribution in [0.2, 0.25) is 0 Å². The first kappa shape index (κ1) is 13.0. The SMILES string of the molecule is Cc1ccc(C(=O)c2ccccc2C2CCC2)c(F)c1. The van der Waals surface area contributed by atoms with Crippen molar-refractivity contribution in [1.82, 2.24) is 0 Å². The molecule has 0 radical (unpaired) electrons. The van der Waals surface area contributed by atoms with Gasteiger partial charge in [0.15, 0.2) is 5.78 Å². The number of hydrogen-bond donors (Lipinski definition) is 0. The smallest absolute Gasteiger partial charge is 0.196 e. The summed E-state index contributed by atoms with van der Waals surface area (Å²) in [6.07, 6.45) is 3.47. The minimum Gasteiger partial charge on any atom is -0.288 e. The number of benzene rings is 2. The Morgan fingerprint density at radius 1 is 1.10 bits per heavy atom. The molecule has 0 N–H and O–H groups in total. The van der Waals surface area contributed by atoms with Gasteiger partial charge < -0.3 is 0 Å². The minimum atomic E-state index is -0.432. The quantitative estimate of drug-likeness (QED) is 0.741. The van der Waals surface area contributed by atoms with Crippen LogP contribution in [0.3, 0.4) is 0 Å². The molecule has 3 rings (SSSR count). The molecule has 0 spiro atoms. The molecular formula is C18H17FO. The van der Waals surface area contributed by atoms with E-state index >= 15 is 0 Å². The summed E-state index contributed by atoms with van der Waals surface area (Å²) in [6.45, 7) is 1.82. The van der Waals surface area contributed by atoms with Gasteiger partial charge in [0, 0.05) is 5.56 Å². The Morgan fingerprint density at radius 2 is 1.85 bits per heavy atom. The molecule has 1 nitrogen and oxygen atoms in total. The summed E-state index contributed by atoms with van der Waals surface area (Å²) in [5.41, 5.74) is 2.72. The second kappa shape index (κ2) is 5.20. The summed E-state index contributed by atoms with van der Waals surface area (Å²) < 4.78 is 14.0. The lowest BCUT2D eigenvalue weighted by molar-refractivity contribution is 0.103. The normalized spacial score (nSPS) is 14.9. The maximum absolute atomic E-state index is 14.0. The maximum atomic E-state index is 14.0. The van der Waals surface area contributed by atoms with Crippen LogP contribution in [0.5, 0.6) is 0 Å². The van der Waals surface area contributed by atoms with Crippen molar-refractivity contribution in [2.45, 2.75) is 32.1 Å². The van der Waals surface area contributed by atoms with E-state index in [0.29, 0.717) is 11.5 Å². The molecule has 102 valence electrons. The molecule has 0 bridgehead atoms. The average Bonchev–Trinajstić information content (AvgIpc) is 2.37. The van der Waals surface area contributed by atoms with Gasteiger partial charge in [0.1, 0.15) is 5.82 Å². The van der Waals surface area contributed by atoms with Crippen molar-refractivity contribution >= 4 is 5.78 Å². The molecule has 1 aliphatic rings. The van der Waals surface area contributed by atoms with Crippen molar-refractivity contribution in [3.8, 4) is 0 Å². The maximum Gasteiger partial charge on any atom is 0.196 e. The topological polar surface area (TPSA) is 17.1 Å². The summed E-state index contributed by atoms with van der Waals surface area (Å²) in [4.78, 5) is 12.6. The van der Waals surface area contributed by atoms with Crippen molar-refractivity contribution in [3.63, 3.8) is 0 Å². The summed E-state index contributed by atoms with van der Waals surface area (Å²) in [7, 11) is 0. The third kappa shape index (κ3) is 2.26. The molecule has 2 aromatic rings. The summed E-state index contributed by atoms with van der Waals surface area (Å²) >= 11 is 0. The van der Waals surface area contributed by atoms with Gasteiger partial charge in [0.25, 0.3) is 0 Å². The summed E-state index contributed by atoms with van der Waals surface area (Å²) in [6, 6.07) is 12.4. The fraction of sp³-hybridized carbons (Fsp3) is 0.278. The van der Waals surface area contributed by atoms with Gasteiger partial charge in [-0.25, -0.2) is 4.39 Å². The van der Waals surface area contributed by atoms with E-state index < -0.39 is 5.82 Å². The Kier molecular flexibility index (Phi) is 3.39. The van der Waals surface area contributed by atoms with Crippen LogP contribution in [-0.4, -0.2) is 5.78 Å². The Morgan fingerprint density at radius 3 is 2.50 bits per heavy atom. The van der Waals surface area contributed by atoms with Crippen molar-refractivity contribution in [3.05, 3.63) is 70.5 Å². The van der Waals surface area contributed by atoms with Crippen LogP contribution in [0.25, 0.3) is 0 Å². The first-order chi connectivity index (χ1) is 9.66. The number of halogens is 1. The fourth-order valence-electron chi connectivity index (χ4n) is 2.73. The van der Waals surface area contributed by atoms with Crippen molar-refractivity contribution in [2.75, 3.05) is 0 Å².